The van der Waals surface area contributed by atoms with E-state index < -0.39 is 40.0 Å². The Bertz CT molecular complexity index is 1440. The van der Waals surface area contributed by atoms with Crippen molar-refractivity contribution in [2.24, 2.45) is 0 Å². The number of carbonyl (C=O) groups is 2. The van der Waals surface area contributed by atoms with Crippen molar-refractivity contribution in [2.45, 2.75) is 64.1 Å². The second kappa shape index (κ2) is 13.1. The topological polar surface area (TPSA) is 86.8 Å². The lowest BCUT2D eigenvalue weighted by atomic mass is 10.1. The molecule has 0 aliphatic rings. The van der Waals surface area contributed by atoms with Crippen molar-refractivity contribution in [1.29, 1.82) is 0 Å². The first kappa shape index (κ1) is 31.5. The van der Waals surface area contributed by atoms with E-state index in [1.807, 2.05) is 39.8 Å². The fourth-order valence-corrected chi connectivity index (χ4v) is 6.19. The maximum Gasteiger partial charge on any atom is 0.264 e. The van der Waals surface area contributed by atoms with Crippen LogP contribution in [0, 0.1) is 0 Å². The molecule has 3 rings (SSSR count). The highest BCUT2D eigenvalue weighted by Crippen LogP contribution is 2.30. The molecule has 0 saturated heterocycles. The largest absolute Gasteiger partial charge is 0.350 e. The Balaban J connectivity index is 2.10. The van der Waals surface area contributed by atoms with Gasteiger partial charge in [0, 0.05) is 27.7 Å². The first-order valence-corrected chi connectivity index (χ1v) is 15.2. The van der Waals surface area contributed by atoms with E-state index in [0.29, 0.717) is 27.7 Å². The van der Waals surface area contributed by atoms with Gasteiger partial charge in [0.2, 0.25) is 11.8 Å². The number of nitrogens with one attached hydrogen (secondary N) is 1. The number of benzene rings is 3. The monoisotopic (exact) mass is 603 g/mol. The van der Waals surface area contributed by atoms with Gasteiger partial charge in [0.25, 0.3) is 10.0 Å². The summed E-state index contributed by atoms with van der Waals surface area (Å²) in [7, 11) is -4.15. The smallest absolute Gasteiger partial charge is 0.264 e. The molecule has 0 radical (unpaired) electrons. The van der Waals surface area contributed by atoms with E-state index in [0.717, 1.165) is 9.87 Å². The van der Waals surface area contributed by atoms with Gasteiger partial charge in [-0.1, -0.05) is 72.6 Å². The van der Waals surface area contributed by atoms with Crippen LogP contribution in [0.5, 0.6) is 0 Å². The summed E-state index contributed by atoms with van der Waals surface area (Å²) in [5.41, 5.74) is 1.06. The molecule has 2 amide bonds. The Morgan fingerprint density at radius 1 is 0.900 bits per heavy atom. The van der Waals surface area contributed by atoms with E-state index in [4.69, 9.17) is 23.2 Å². The van der Waals surface area contributed by atoms with E-state index in [2.05, 4.69) is 5.32 Å². The van der Waals surface area contributed by atoms with E-state index in [1.54, 1.807) is 55.5 Å². The van der Waals surface area contributed by atoms with Crippen LogP contribution in [-0.2, 0) is 32.6 Å². The lowest BCUT2D eigenvalue weighted by Crippen LogP contribution is -2.54. The fourth-order valence-electron chi connectivity index (χ4n) is 4.20. The van der Waals surface area contributed by atoms with E-state index in [-0.39, 0.29) is 11.4 Å². The number of anilines is 1. The Morgan fingerprint density at radius 3 is 2.05 bits per heavy atom. The van der Waals surface area contributed by atoms with Crippen LogP contribution in [0.2, 0.25) is 10.0 Å². The molecule has 0 unspecified atom stereocenters. The average molecular weight is 605 g/mol. The first-order valence-electron chi connectivity index (χ1n) is 13.0. The number of sulfonamides is 1. The summed E-state index contributed by atoms with van der Waals surface area (Å²) in [5, 5.41) is 3.56. The molecule has 0 fully saturated rings. The summed E-state index contributed by atoms with van der Waals surface area (Å²) in [5.74, 6) is -0.978. The van der Waals surface area contributed by atoms with Crippen LogP contribution in [0.15, 0.2) is 77.7 Å². The molecule has 10 heteroatoms. The quantitative estimate of drug-likeness (QED) is 0.304. The van der Waals surface area contributed by atoms with Crippen molar-refractivity contribution in [2.75, 3.05) is 10.8 Å². The van der Waals surface area contributed by atoms with Crippen molar-refractivity contribution in [3.8, 4) is 0 Å². The van der Waals surface area contributed by atoms with Crippen molar-refractivity contribution < 1.29 is 18.0 Å². The summed E-state index contributed by atoms with van der Waals surface area (Å²) in [6, 6.07) is 19.0. The van der Waals surface area contributed by atoms with Gasteiger partial charge in [-0.3, -0.25) is 13.9 Å². The molecule has 7 nitrogen and oxygen atoms in total. The minimum absolute atomic E-state index is 0.0490. The number of amides is 2. The Hall–Kier alpha value is -3.07. The third-order valence-corrected chi connectivity index (χ3v) is 8.79. The number of para-hydroxylation sites is 1. The van der Waals surface area contributed by atoms with Crippen molar-refractivity contribution in [1.82, 2.24) is 10.2 Å². The molecule has 0 aliphatic carbocycles. The van der Waals surface area contributed by atoms with E-state index >= 15 is 0 Å². The molecule has 0 spiro atoms. The SMILES string of the molecule is CCc1ccccc1N(CC(=O)N(Cc1c(Cl)cccc1Cl)[C@H](C)C(=O)NC(C)(C)C)S(=O)(=O)c1ccccc1. The zero-order valence-electron chi connectivity index (χ0n) is 23.3. The fraction of sp³-hybridized carbons (Fsp3) is 0.333. The third-order valence-electron chi connectivity index (χ3n) is 6.31. The third kappa shape index (κ3) is 7.56. The number of rotatable bonds is 10. The van der Waals surface area contributed by atoms with Gasteiger partial charge in [-0.25, -0.2) is 8.42 Å². The summed E-state index contributed by atoms with van der Waals surface area (Å²) >= 11 is 12.9. The molecular formula is C30H35Cl2N3O4S. The molecule has 0 heterocycles. The van der Waals surface area contributed by atoms with Gasteiger partial charge in [-0.05, 0) is 70.0 Å². The van der Waals surface area contributed by atoms with Crippen LogP contribution in [-0.4, -0.2) is 43.3 Å². The van der Waals surface area contributed by atoms with Gasteiger partial charge in [-0.2, -0.15) is 0 Å². The second-order valence-corrected chi connectivity index (χ2v) is 13.1. The van der Waals surface area contributed by atoms with Gasteiger partial charge in [0.1, 0.15) is 12.6 Å². The average Bonchev–Trinajstić information content (AvgIpc) is 2.90. The maximum absolute atomic E-state index is 14.1. The van der Waals surface area contributed by atoms with Gasteiger partial charge >= 0.3 is 0 Å². The standard InChI is InChI=1S/C30H35Cl2N3O4S/c1-6-22-13-10-11-18-27(22)35(40(38,39)23-14-8-7-9-15-23)20-28(36)34(21(2)29(37)33-30(3,4)5)19-24-25(31)16-12-17-26(24)32/h7-18,21H,6,19-20H2,1-5H3,(H,33,37)/t21-/m1/s1. The number of carbonyl (C=O) groups excluding carboxylic acids is 2. The maximum atomic E-state index is 14.1. The molecule has 0 aromatic heterocycles. The van der Waals surface area contributed by atoms with Crippen molar-refractivity contribution in [3.05, 3.63) is 94.0 Å². The molecule has 3 aromatic rings. The number of nitrogens with zero attached hydrogens (tertiary/aromatic N) is 2. The summed E-state index contributed by atoms with van der Waals surface area (Å²) < 4.78 is 29.0. The molecule has 0 bridgehead atoms. The summed E-state index contributed by atoms with van der Waals surface area (Å²) in [4.78, 5) is 28.7. The van der Waals surface area contributed by atoms with Crippen LogP contribution < -0.4 is 9.62 Å². The van der Waals surface area contributed by atoms with Gasteiger partial charge in [0.05, 0.1) is 10.6 Å². The highest BCUT2D eigenvalue weighted by Gasteiger charge is 2.34. The number of halogens is 2. The van der Waals surface area contributed by atoms with Crippen LogP contribution in [0.25, 0.3) is 0 Å². The van der Waals surface area contributed by atoms with Gasteiger partial charge in [0.15, 0.2) is 0 Å². The van der Waals surface area contributed by atoms with Gasteiger partial charge in [-0.15, -0.1) is 0 Å². The zero-order chi connectivity index (χ0) is 29.7. The highest BCUT2D eigenvalue weighted by atomic mass is 35.5. The number of aryl methyl sites for hydroxylation is 1. The molecule has 0 aliphatic heterocycles. The minimum atomic E-state index is -4.15. The number of hydrogen-bond acceptors (Lipinski definition) is 4. The molecular weight excluding hydrogens is 569 g/mol. The molecule has 1 N–H and O–H groups in total. The molecule has 1 atom stereocenters. The van der Waals surface area contributed by atoms with Crippen molar-refractivity contribution in [3.63, 3.8) is 0 Å². The second-order valence-electron chi connectivity index (χ2n) is 10.4. The predicted molar refractivity (Wildman–Crippen MR) is 161 cm³/mol. The molecule has 40 heavy (non-hydrogen) atoms. The lowest BCUT2D eigenvalue weighted by Gasteiger charge is -2.34. The predicted octanol–water partition coefficient (Wildman–Crippen LogP) is 6.08. The molecule has 214 valence electrons. The van der Waals surface area contributed by atoms with Crippen LogP contribution >= 0.6 is 23.2 Å². The Kier molecular flexibility index (Phi) is 10.3. The number of hydrogen-bond donors (Lipinski definition) is 1. The summed E-state index contributed by atoms with van der Waals surface area (Å²) in [6.07, 6.45) is 0.550. The highest BCUT2D eigenvalue weighted by molar-refractivity contribution is 7.92. The Morgan fingerprint density at radius 2 is 1.48 bits per heavy atom. The first-order chi connectivity index (χ1) is 18.8. The zero-order valence-corrected chi connectivity index (χ0v) is 25.6. The minimum Gasteiger partial charge on any atom is -0.350 e. The Labute approximate surface area is 247 Å². The van der Waals surface area contributed by atoms with E-state index in [9.17, 15) is 18.0 Å². The lowest BCUT2D eigenvalue weighted by molar-refractivity contribution is -0.140. The molecule has 0 saturated carbocycles. The van der Waals surface area contributed by atoms with Crippen LogP contribution in [0.1, 0.15) is 45.7 Å². The van der Waals surface area contributed by atoms with E-state index in [1.165, 1.54) is 17.0 Å². The molecule has 3 aromatic carbocycles. The summed E-state index contributed by atoms with van der Waals surface area (Å²) in [6.45, 7) is 8.40. The van der Waals surface area contributed by atoms with Crippen LogP contribution in [0.4, 0.5) is 5.69 Å². The van der Waals surface area contributed by atoms with Crippen LogP contribution in [0.3, 0.4) is 0 Å². The normalized spacial score (nSPS) is 12.5. The van der Waals surface area contributed by atoms with Crippen molar-refractivity contribution >= 4 is 50.7 Å². The van der Waals surface area contributed by atoms with Gasteiger partial charge < -0.3 is 10.2 Å².